The molecule has 0 radical (unpaired) electrons. The van der Waals surface area contributed by atoms with Crippen LogP contribution in [-0.4, -0.2) is 34.6 Å². The van der Waals surface area contributed by atoms with E-state index < -0.39 is 6.61 Å². The van der Waals surface area contributed by atoms with Crippen molar-refractivity contribution < 1.29 is 9.90 Å². The summed E-state index contributed by atoms with van der Waals surface area (Å²) in [6, 6.07) is 3.90. The first-order chi connectivity index (χ1) is 7.17. The van der Waals surface area contributed by atoms with Crippen LogP contribution in [0.3, 0.4) is 0 Å². The molecule has 4 nitrogen and oxygen atoms in total. The van der Waals surface area contributed by atoms with Crippen LogP contribution in [0.25, 0.3) is 0 Å². The Labute approximate surface area is 89.6 Å². The van der Waals surface area contributed by atoms with E-state index in [9.17, 15) is 4.79 Å². The van der Waals surface area contributed by atoms with Gasteiger partial charge in [0.15, 0.2) is 0 Å². The summed E-state index contributed by atoms with van der Waals surface area (Å²) in [6.45, 7) is 2.05. The van der Waals surface area contributed by atoms with Crippen molar-refractivity contribution in [3.8, 4) is 0 Å². The standard InChI is InChI=1S/C11H16N2O2/c1-3-9-4-5-10(12-6-9)7-13(2)11(15)8-14/h4-6,14H,3,7-8H2,1-2H3. The Morgan fingerprint density at radius 2 is 2.27 bits per heavy atom. The number of aromatic nitrogens is 1. The van der Waals surface area contributed by atoms with Gasteiger partial charge in [-0.15, -0.1) is 0 Å². The SMILES string of the molecule is CCc1ccc(CN(C)C(=O)CO)nc1. The second-order valence-corrected chi connectivity index (χ2v) is 3.42. The molecule has 0 aliphatic heterocycles. The van der Waals surface area contributed by atoms with E-state index in [1.54, 1.807) is 7.05 Å². The normalized spacial score (nSPS) is 10.1. The van der Waals surface area contributed by atoms with Gasteiger partial charge >= 0.3 is 0 Å². The molecule has 0 saturated carbocycles. The number of nitrogens with zero attached hydrogens (tertiary/aromatic N) is 2. The average Bonchev–Trinajstić information content (AvgIpc) is 2.29. The zero-order chi connectivity index (χ0) is 11.3. The van der Waals surface area contributed by atoms with E-state index in [4.69, 9.17) is 5.11 Å². The minimum absolute atomic E-state index is 0.295. The molecule has 15 heavy (non-hydrogen) atoms. The molecule has 1 aromatic heterocycles. The predicted molar refractivity (Wildman–Crippen MR) is 57.2 cm³/mol. The lowest BCUT2D eigenvalue weighted by molar-refractivity contribution is -0.133. The molecule has 1 heterocycles. The van der Waals surface area contributed by atoms with Gasteiger partial charge in [0.25, 0.3) is 0 Å². The smallest absolute Gasteiger partial charge is 0.248 e. The second-order valence-electron chi connectivity index (χ2n) is 3.42. The molecule has 0 atom stereocenters. The predicted octanol–water partition coefficient (Wildman–Crippen LogP) is 0.595. The molecule has 4 heteroatoms. The molecule has 0 unspecified atom stereocenters. The van der Waals surface area contributed by atoms with Gasteiger partial charge in [-0.25, -0.2) is 0 Å². The largest absolute Gasteiger partial charge is 0.387 e. The van der Waals surface area contributed by atoms with Crippen LogP contribution < -0.4 is 0 Å². The Morgan fingerprint density at radius 3 is 2.73 bits per heavy atom. The highest BCUT2D eigenvalue weighted by Gasteiger charge is 2.07. The number of carbonyl (C=O) groups excluding carboxylic acids is 1. The number of rotatable bonds is 4. The molecular weight excluding hydrogens is 192 g/mol. The molecule has 0 fully saturated rings. The summed E-state index contributed by atoms with van der Waals surface area (Å²) in [5.41, 5.74) is 2.01. The average molecular weight is 208 g/mol. The first-order valence-corrected chi connectivity index (χ1v) is 4.96. The summed E-state index contributed by atoms with van der Waals surface area (Å²) >= 11 is 0. The summed E-state index contributed by atoms with van der Waals surface area (Å²) in [5, 5.41) is 8.65. The maximum atomic E-state index is 11.1. The van der Waals surface area contributed by atoms with Gasteiger partial charge in [0.05, 0.1) is 12.2 Å². The monoisotopic (exact) mass is 208 g/mol. The van der Waals surface area contributed by atoms with Gasteiger partial charge in [-0.2, -0.15) is 0 Å². The Morgan fingerprint density at radius 1 is 1.53 bits per heavy atom. The summed E-state index contributed by atoms with van der Waals surface area (Å²) in [5.74, 6) is -0.295. The molecule has 0 aliphatic rings. The third-order valence-electron chi connectivity index (χ3n) is 2.25. The van der Waals surface area contributed by atoms with Gasteiger partial charge in [-0.3, -0.25) is 9.78 Å². The van der Waals surface area contributed by atoms with E-state index in [1.165, 1.54) is 10.5 Å². The van der Waals surface area contributed by atoms with E-state index in [0.29, 0.717) is 6.54 Å². The van der Waals surface area contributed by atoms with E-state index in [1.807, 2.05) is 18.3 Å². The minimum atomic E-state index is -0.455. The van der Waals surface area contributed by atoms with Crippen molar-refractivity contribution in [2.45, 2.75) is 19.9 Å². The molecule has 82 valence electrons. The molecule has 1 aromatic rings. The number of likely N-dealkylation sites (N-methyl/N-ethyl adjacent to an activating group) is 1. The third kappa shape index (κ3) is 3.32. The van der Waals surface area contributed by atoms with Crippen molar-refractivity contribution in [3.63, 3.8) is 0 Å². The zero-order valence-electron chi connectivity index (χ0n) is 9.10. The number of amides is 1. The van der Waals surface area contributed by atoms with Gasteiger partial charge in [0.1, 0.15) is 6.61 Å². The fourth-order valence-electron chi connectivity index (χ4n) is 1.21. The summed E-state index contributed by atoms with van der Waals surface area (Å²) in [6.07, 6.45) is 2.77. The fraction of sp³-hybridized carbons (Fsp3) is 0.455. The number of aliphatic hydroxyl groups excluding tert-OH is 1. The molecule has 0 saturated heterocycles. The number of aryl methyl sites for hydroxylation is 1. The van der Waals surface area contributed by atoms with Crippen molar-refractivity contribution in [1.29, 1.82) is 0 Å². The molecule has 0 spiro atoms. The van der Waals surface area contributed by atoms with Crippen LogP contribution in [0.2, 0.25) is 0 Å². The van der Waals surface area contributed by atoms with Crippen LogP contribution in [0, 0.1) is 0 Å². The van der Waals surface area contributed by atoms with Crippen LogP contribution in [0.15, 0.2) is 18.3 Å². The van der Waals surface area contributed by atoms with Crippen LogP contribution in [0.4, 0.5) is 0 Å². The third-order valence-corrected chi connectivity index (χ3v) is 2.25. The first-order valence-electron chi connectivity index (χ1n) is 4.96. The van der Waals surface area contributed by atoms with Crippen LogP contribution >= 0.6 is 0 Å². The summed E-state index contributed by atoms with van der Waals surface area (Å²) in [7, 11) is 1.65. The molecule has 0 aromatic carbocycles. The van der Waals surface area contributed by atoms with Gasteiger partial charge in [-0.05, 0) is 18.1 Å². The van der Waals surface area contributed by atoms with Crippen molar-refractivity contribution in [2.75, 3.05) is 13.7 Å². The Bertz CT molecular complexity index is 322. The molecule has 1 rings (SSSR count). The van der Waals surface area contributed by atoms with E-state index in [0.717, 1.165) is 12.1 Å². The van der Waals surface area contributed by atoms with E-state index >= 15 is 0 Å². The zero-order valence-corrected chi connectivity index (χ0v) is 9.10. The first kappa shape index (κ1) is 11.7. The van der Waals surface area contributed by atoms with E-state index in [2.05, 4.69) is 11.9 Å². The van der Waals surface area contributed by atoms with Crippen LogP contribution in [0.5, 0.6) is 0 Å². The summed E-state index contributed by atoms with van der Waals surface area (Å²) < 4.78 is 0. The lowest BCUT2D eigenvalue weighted by atomic mass is 10.2. The lowest BCUT2D eigenvalue weighted by Crippen LogP contribution is -2.28. The molecular formula is C11H16N2O2. The highest BCUT2D eigenvalue weighted by molar-refractivity contribution is 5.76. The number of carbonyl (C=O) groups is 1. The maximum Gasteiger partial charge on any atom is 0.248 e. The van der Waals surface area contributed by atoms with Gasteiger partial charge in [0, 0.05) is 13.2 Å². The van der Waals surface area contributed by atoms with Gasteiger partial charge in [0.2, 0.25) is 5.91 Å². The van der Waals surface area contributed by atoms with Gasteiger partial charge in [-0.1, -0.05) is 13.0 Å². The second kappa shape index (κ2) is 5.46. The number of hydrogen-bond acceptors (Lipinski definition) is 3. The molecule has 0 aliphatic carbocycles. The Balaban J connectivity index is 2.60. The quantitative estimate of drug-likeness (QED) is 0.788. The molecule has 0 bridgehead atoms. The van der Waals surface area contributed by atoms with Crippen molar-refractivity contribution >= 4 is 5.91 Å². The fourth-order valence-corrected chi connectivity index (χ4v) is 1.21. The van der Waals surface area contributed by atoms with Gasteiger partial charge < -0.3 is 10.0 Å². The number of hydrogen-bond donors (Lipinski definition) is 1. The highest BCUT2D eigenvalue weighted by Crippen LogP contribution is 2.03. The molecule has 1 amide bonds. The van der Waals surface area contributed by atoms with Crippen LogP contribution in [0.1, 0.15) is 18.2 Å². The Hall–Kier alpha value is -1.42. The Kier molecular flexibility index (Phi) is 4.24. The van der Waals surface area contributed by atoms with Crippen LogP contribution in [-0.2, 0) is 17.8 Å². The summed E-state index contributed by atoms with van der Waals surface area (Å²) in [4.78, 5) is 16.8. The van der Waals surface area contributed by atoms with Crippen molar-refractivity contribution in [3.05, 3.63) is 29.6 Å². The molecule has 1 N–H and O–H groups in total. The minimum Gasteiger partial charge on any atom is -0.387 e. The number of pyridine rings is 1. The topological polar surface area (TPSA) is 53.4 Å². The van der Waals surface area contributed by atoms with Crippen molar-refractivity contribution in [1.82, 2.24) is 9.88 Å². The highest BCUT2D eigenvalue weighted by atomic mass is 16.3. The lowest BCUT2D eigenvalue weighted by Gasteiger charge is -2.15. The van der Waals surface area contributed by atoms with E-state index in [-0.39, 0.29) is 5.91 Å². The number of aliphatic hydroxyl groups is 1. The maximum absolute atomic E-state index is 11.1. The van der Waals surface area contributed by atoms with Crippen molar-refractivity contribution in [2.24, 2.45) is 0 Å².